The van der Waals surface area contributed by atoms with Crippen LogP contribution < -0.4 is 14.4 Å². The molecule has 174 valence electrons. The first-order chi connectivity index (χ1) is 16.0. The fraction of sp³-hybridized carbons (Fsp3) is 0.308. The van der Waals surface area contributed by atoms with Gasteiger partial charge in [-0.3, -0.25) is 4.90 Å². The lowest BCUT2D eigenvalue weighted by Gasteiger charge is -2.37. The second-order valence-corrected chi connectivity index (χ2v) is 8.02. The van der Waals surface area contributed by atoms with E-state index in [1.807, 2.05) is 18.2 Å². The molecule has 1 aliphatic heterocycles. The van der Waals surface area contributed by atoms with Crippen LogP contribution in [0.4, 0.5) is 18.9 Å². The summed E-state index contributed by atoms with van der Waals surface area (Å²) in [6.07, 6.45) is 0.210. The third-order valence-corrected chi connectivity index (χ3v) is 5.92. The van der Waals surface area contributed by atoms with Crippen molar-refractivity contribution in [2.24, 2.45) is 0 Å². The van der Waals surface area contributed by atoms with Crippen LogP contribution in [0.15, 0.2) is 66.7 Å². The standard InChI is InChI=1S/C26H27F3N2O2/c1-32-26-5-3-2-4-24(26)31-16-14-30(15-17-31)13-12-25(19-6-8-20(27)9-7-19)33-21-10-11-22(28)23(29)18-21/h2-11,18,25H,12-17H2,1H3. The van der Waals surface area contributed by atoms with E-state index in [9.17, 15) is 13.2 Å². The van der Waals surface area contributed by atoms with Gasteiger partial charge in [0, 0.05) is 45.2 Å². The van der Waals surface area contributed by atoms with Crippen LogP contribution >= 0.6 is 0 Å². The molecule has 4 rings (SSSR count). The lowest BCUT2D eigenvalue weighted by Crippen LogP contribution is -2.47. The van der Waals surface area contributed by atoms with Crippen LogP contribution in [0.5, 0.6) is 11.5 Å². The average molecular weight is 457 g/mol. The third-order valence-electron chi connectivity index (χ3n) is 5.92. The average Bonchev–Trinajstić information content (AvgIpc) is 2.85. The second-order valence-electron chi connectivity index (χ2n) is 8.02. The molecule has 1 saturated heterocycles. The van der Waals surface area contributed by atoms with Crippen molar-refractivity contribution in [2.75, 3.05) is 44.7 Å². The molecular weight excluding hydrogens is 429 g/mol. The van der Waals surface area contributed by atoms with Gasteiger partial charge in [0.1, 0.15) is 23.4 Å². The first-order valence-corrected chi connectivity index (χ1v) is 11.0. The highest BCUT2D eigenvalue weighted by Crippen LogP contribution is 2.30. The third kappa shape index (κ3) is 5.79. The number of hydrogen-bond acceptors (Lipinski definition) is 4. The number of benzene rings is 3. The van der Waals surface area contributed by atoms with Crippen LogP contribution in [-0.4, -0.2) is 44.7 Å². The van der Waals surface area contributed by atoms with Crippen molar-refractivity contribution in [3.05, 3.63) is 89.7 Å². The number of rotatable bonds is 8. The Kier molecular flexibility index (Phi) is 7.40. The molecule has 1 aliphatic rings. The quantitative estimate of drug-likeness (QED) is 0.450. The van der Waals surface area contributed by atoms with E-state index in [0.29, 0.717) is 6.42 Å². The molecule has 1 unspecified atom stereocenters. The van der Waals surface area contributed by atoms with Crippen molar-refractivity contribution in [2.45, 2.75) is 12.5 Å². The van der Waals surface area contributed by atoms with E-state index in [2.05, 4.69) is 15.9 Å². The van der Waals surface area contributed by atoms with Gasteiger partial charge in [-0.2, -0.15) is 0 Å². The summed E-state index contributed by atoms with van der Waals surface area (Å²) in [7, 11) is 1.68. The van der Waals surface area contributed by atoms with E-state index in [-0.39, 0.29) is 11.6 Å². The Bertz CT molecular complexity index is 1050. The summed E-state index contributed by atoms with van der Waals surface area (Å²) in [5, 5.41) is 0. The summed E-state index contributed by atoms with van der Waals surface area (Å²) in [5.74, 6) is -1.12. The summed E-state index contributed by atoms with van der Waals surface area (Å²) < 4.78 is 51.9. The molecule has 1 atom stereocenters. The summed E-state index contributed by atoms with van der Waals surface area (Å²) in [4.78, 5) is 4.65. The minimum Gasteiger partial charge on any atom is -0.495 e. The summed E-state index contributed by atoms with van der Waals surface area (Å²) >= 11 is 0. The smallest absolute Gasteiger partial charge is 0.162 e. The predicted octanol–water partition coefficient (Wildman–Crippen LogP) is 5.44. The molecule has 0 aliphatic carbocycles. The number of nitrogens with zero attached hydrogens (tertiary/aromatic N) is 2. The van der Waals surface area contributed by atoms with E-state index in [1.165, 1.54) is 18.2 Å². The molecule has 4 nitrogen and oxygen atoms in total. The molecule has 1 fully saturated rings. The van der Waals surface area contributed by atoms with Gasteiger partial charge in [0.15, 0.2) is 11.6 Å². The number of hydrogen-bond donors (Lipinski definition) is 0. The molecule has 3 aromatic rings. The molecule has 33 heavy (non-hydrogen) atoms. The van der Waals surface area contributed by atoms with Gasteiger partial charge in [-0.1, -0.05) is 24.3 Å². The minimum absolute atomic E-state index is 0.240. The maximum absolute atomic E-state index is 13.7. The maximum atomic E-state index is 13.7. The fourth-order valence-electron chi connectivity index (χ4n) is 4.09. The molecular formula is C26H27F3N2O2. The lowest BCUT2D eigenvalue weighted by molar-refractivity contribution is 0.159. The van der Waals surface area contributed by atoms with Crippen LogP contribution in [0.3, 0.4) is 0 Å². The van der Waals surface area contributed by atoms with E-state index < -0.39 is 17.7 Å². The Morgan fingerprint density at radius 2 is 1.58 bits per heavy atom. The fourth-order valence-corrected chi connectivity index (χ4v) is 4.09. The van der Waals surface area contributed by atoms with Crippen LogP contribution in [0.1, 0.15) is 18.1 Å². The van der Waals surface area contributed by atoms with Crippen molar-refractivity contribution in [1.82, 2.24) is 4.90 Å². The zero-order valence-electron chi connectivity index (χ0n) is 18.5. The Balaban J connectivity index is 1.39. The van der Waals surface area contributed by atoms with Gasteiger partial charge in [0.25, 0.3) is 0 Å². The van der Waals surface area contributed by atoms with Gasteiger partial charge < -0.3 is 14.4 Å². The first kappa shape index (κ1) is 23.0. The zero-order chi connectivity index (χ0) is 23.2. The number of ether oxygens (including phenoxy) is 2. The molecule has 1 heterocycles. The lowest BCUT2D eigenvalue weighted by atomic mass is 10.1. The molecule has 0 radical (unpaired) electrons. The predicted molar refractivity (Wildman–Crippen MR) is 122 cm³/mol. The molecule has 0 spiro atoms. The van der Waals surface area contributed by atoms with Crippen molar-refractivity contribution in [3.63, 3.8) is 0 Å². The number of halogens is 3. The highest BCUT2D eigenvalue weighted by molar-refractivity contribution is 5.58. The van der Waals surface area contributed by atoms with E-state index >= 15 is 0 Å². The minimum atomic E-state index is -0.960. The van der Waals surface area contributed by atoms with Crippen molar-refractivity contribution >= 4 is 5.69 Å². The van der Waals surface area contributed by atoms with Gasteiger partial charge in [-0.05, 0) is 42.0 Å². The SMILES string of the molecule is COc1ccccc1N1CCN(CCC(Oc2ccc(F)c(F)c2)c2ccc(F)cc2)CC1. The monoisotopic (exact) mass is 456 g/mol. The van der Waals surface area contributed by atoms with Gasteiger partial charge in [-0.15, -0.1) is 0 Å². The van der Waals surface area contributed by atoms with E-state index in [4.69, 9.17) is 9.47 Å². The topological polar surface area (TPSA) is 24.9 Å². The zero-order valence-corrected chi connectivity index (χ0v) is 18.5. The Morgan fingerprint density at radius 3 is 2.27 bits per heavy atom. The van der Waals surface area contributed by atoms with Crippen molar-refractivity contribution in [1.29, 1.82) is 0 Å². The number of piperazine rings is 1. The summed E-state index contributed by atoms with van der Waals surface area (Å²) in [5.41, 5.74) is 1.87. The van der Waals surface area contributed by atoms with Crippen molar-refractivity contribution < 1.29 is 22.6 Å². The van der Waals surface area contributed by atoms with Crippen molar-refractivity contribution in [3.8, 4) is 11.5 Å². The van der Waals surface area contributed by atoms with Gasteiger partial charge in [0.05, 0.1) is 12.8 Å². The van der Waals surface area contributed by atoms with Crippen LogP contribution in [0, 0.1) is 17.5 Å². The van der Waals surface area contributed by atoms with Crippen LogP contribution in [0.25, 0.3) is 0 Å². The molecule has 0 aromatic heterocycles. The number of para-hydroxylation sites is 2. The van der Waals surface area contributed by atoms with Gasteiger partial charge in [-0.25, -0.2) is 13.2 Å². The largest absolute Gasteiger partial charge is 0.495 e. The molecule has 0 bridgehead atoms. The second kappa shape index (κ2) is 10.6. The molecule has 0 saturated carbocycles. The highest BCUT2D eigenvalue weighted by atomic mass is 19.2. The normalized spacial score (nSPS) is 15.3. The molecule has 0 amide bonds. The van der Waals surface area contributed by atoms with Gasteiger partial charge >= 0.3 is 0 Å². The van der Waals surface area contributed by atoms with Gasteiger partial charge in [0.2, 0.25) is 0 Å². The molecule has 0 N–H and O–H groups in total. The van der Waals surface area contributed by atoms with Crippen LogP contribution in [-0.2, 0) is 0 Å². The highest BCUT2D eigenvalue weighted by Gasteiger charge is 2.22. The van der Waals surface area contributed by atoms with E-state index in [1.54, 1.807) is 19.2 Å². The first-order valence-electron chi connectivity index (χ1n) is 11.0. The van der Waals surface area contributed by atoms with E-state index in [0.717, 1.165) is 61.9 Å². The number of methoxy groups -OCH3 is 1. The Hall–Kier alpha value is -3.19. The molecule has 7 heteroatoms. The number of anilines is 1. The summed E-state index contributed by atoms with van der Waals surface area (Å²) in [6, 6.07) is 17.6. The summed E-state index contributed by atoms with van der Waals surface area (Å²) in [6.45, 7) is 4.24. The Labute approximate surface area is 192 Å². The van der Waals surface area contributed by atoms with Crippen LogP contribution in [0.2, 0.25) is 0 Å². The Morgan fingerprint density at radius 1 is 0.848 bits per heavy atom. The molecule has 3 aromatic carbocycles. The maximum Gasteiger partial charge on any atom is 0.162 e.